The molecule has 1 aromatic carbocycles. The van der Waals surface area contributed by atoms with E-state index in [2.05, 4.69) is 17.3 Å². The zero-order chi connectivity index (χ0) is 17.9. The molecule has 1 aliphatic rings. The van der Waals surface area contributed by atoms with Crippen LogP contribution in [0, 0.1) is 0 Å². The van der Waals surface area contributed by atoms with Crippen LogP contribution in [0.4, 0.5) is 5.69 Å². The van der Waals surface area contributed by atoms with Gasteiger partial charge in [0.15, 0.2) is 0 Å². The summed E-state index contributed by atoms with van der Waals surface area (Å²) >= 11 is 0. The Balaban J connectivity index is 1.70. The molecule has 7 nitrogen and oxygen atoms in total. The SMILES string of the molecule is C[NH+]1CCN(S(=O)(=O)c2ccc(NC(=O)c3ccncc3)cc2)CC1. The summed E-state index contributed by atoms with van der Waals surface area (Å²) in [7, 11) is -1.42. The predicted octanol–water partition coefficient (Wildman–Crippen LogP) is -0.147. The minimum Gasteiger partial charge on any atom is -0.335 e. The number of anilines is 1. The van der Waals surface area contributed by atoms with E-state index < -0.39 is 10.0 Å². The molecule has 1 saturated heterocycles. The molecule has 8 heteroatoms. The van der Waals surface area contributed by atoms with E-state index >= 15 is 0 Å². The van der Waals surface area contributed by atoms with E-state index in [0.29, 0.717) is 24.3 Å². The van der Waals surface area contributed by atoms with Gasteiger partial charge >= 0.3 is 0 Å². The molecule has 1 aliphatic heterocycles. The molecule has 0 unspecified atom stereocenters. The largest absolute Gasteiger partial charge is 0.335 e. The minimum absolute atomic E-state index is 0.244. The molecule has 0 bridgehead atoms. The molecule has 1 amide bonds. The number of amides is 1. The number of piperazine rings is 1. The topological polar surface area (TPSA) is 83.8 Å². The highest BCUT2D eigenvalue weighted by atomic mass is 32.2. The van der Waals surface area contributed by atoms with E-state index in [0.717, 1.165) is 13.1 Å². The van der Waals surface area contributed by atoms with Gasteiger partial charge in [0.1, 0.15) is 0 Å². The van der Waals surface area contributed by atoms with Crippen molar-refractivity contribution in [1.82, 2.24) is 9.29 Å². The highest BCUT2D eigenvalue weighted by molar-refractivity contribution is 7.89. The third-order valence-corrected chi connectivity index (χ3v) is 6.18. The van der Waals surface area contributed by atoms with Crippen LogP contribution < -0.4 is 10.2 Å². The number of benzene rings is 1. The zero-order valence-electron chi connectivity index (χ0n) is 14.0. The molecule has 0 atom stereocenters. The van der Waals surface area contributed by atoms with E-state index in [4.69, 9.17) is 0 Å². The van der Waals surface area contributed by atoms with Crippen LogP contribution in [0.3, 0.4) is 0 Å². The average molecular weight is 361 g/mol. The first-order chi connectivity index (χ1) is 12.0. The number of quaternary nitrogens is 1. The first kappa shape index (κ1) is 17.5. The number of sulfonamides is 1. The Morgan fingerprint density at radius 3 is 2.28 bits per heavy atom. The monoisotopic (exact) mass is 361 g/mol. The molecule has 132 valence electrons. The van der Waals surface area contributed by atoms with Gasteiger partial charge in [0.25, 0.3) is 5.91 Å². The summed E-state index contributed by atoms with van der Waals surface area (Å²) in [6, 6.07) is 9.50. The fraction of sp³-hybridized carbons (Fsp3) is 0.294. The molecule has 1 aromatic heterocycles. The smallest absolute Gasteiger partial charge is 0.255 e. The van der Waals surface area contributed by atoms with Crippen molar-refractivity contribution in [2.45, 2.75) is 4.90 Å². The lowest BCUT2D eigenvalue weighted by Gasteiger charge is -2.29. The first-order valence-corrected chi connectivity index (χ1v) is 9.54. The summed E-state index contributed by atoms with van der Waals surface area (Å²) in [6.07, 6.45) is 3.09. The highest BCUT2D eigenvalue weighted by Gasteiger charge is 2.28. The molecule has 0 saturated carbocycles. The van der Waals surface area contributed by atoms with Crippen molar-refractivity contribution in [2.75, 3.05) is 38.5 Å². The van der Waals surface area contributed by atoms with E-state index in [9.17, 15) is 13.2 Å². The van der Waals surface area contributed by atoms with Crippen LogP contribution in [0.5, 0.6) is 0 Å². The van der Waals surface area contributed by atoms with Gasteiger partial charge in [-0.25, -0.2) is 8.42 Å². The Morgan fingerprint density at radius 1 is 1.08 bits per heavy atom. The highest BCUT2D eigenvalue weighted by Crippen LogP contribution is 2.19. The molecule has 2 heterocycles. The Labute approximate surface area is 147 Å². The summed E-state index contributed by atoms with van der Waals surface area (Å²) in [5, 5.41) is 2.74. The van der Waals surface area contributed by atoms with Gasteiger partial charge in [-0.2, -0.15) is 4.31 Å². The average Bonchev–Trinajstić information content (AvgIpc) is 2.63. The molecule has 3 rings (SSSR count). The molecule has 25 heavy (non-hydrogen) atoms. The Bertz CT molecular complexity index is 830. The van der Waals surface area contributed by atoms with Gasteiger partial charge in [0.2, 0.25) is 10.0 Å². The van der Waals surface area contributed by atoms with Crippen LogP contribution in [-0.2, 0) is 10.0 Å². The quantitative estimate of drug-likeness (QED) is 0.794. The lowest BCUT2D eigenvalue weighted by atomic mass is 10.2. The van der Waals surface area contributed by atoms with Crippen LogP contribution in [0.2, 0.25) is 0 Å². The van der Waals surface area contributed by atoms with Crippen molar-refractivity contribution in [3.63, 3.8) is 0 Å². The third-order valence-electron chi connectivity index (χ3n) is 4.27. The number of rotatable bonds is 4. The molecule has 0 aliphatic carbocycles. The van der Waals surface area contributed by atoms with Crippen LogP contribution in [0.25, 0.3) is 0 Å². The normalized spacial score (nSPS) is 16.5. The van der Waals surface area contributed by atoms with Gasteiger partial charge in [-0.1, -0.05) is 0 Å². The first-order valence-electron chi connectivity index (χ1n) is 8.10. The summed E-state index contributed by atoms with van der Waals surface area (Å²) in [5.74, 6) is -0.264. The number of carbonyl (C=O) groups excluding carboxylic acids is 1. The van der Waals surface area contributed by atoms with E-state index in [1.54, 1.807) is 36.7 Å². The number of nitrogens with one attached hydrogen (secondary N) is 2. The van der Waals surface area contributed by atoms with Crippen molar-refractivity contribution >= 4 is 21.6 Å². The molecule has 0 spiro atoms. The van der Waals surface area contributed by atoms with Crippen LogP contribution in [0.15, 0.2) is 53.7 Å². The number of carbonyl (C=O) groups is 1. The van der Waals surface area contributed by atoms with E-state index in [1.165, 1.54) is 21.3 Å². The molecule has 2 aromatic rings. The fourth-order valence-electron chi connectivity index (χ4n) is 2.67. The number of hydrogen-bond acceptors (Lipinski definition) is 4. The third kappa shape index (κ3) is 4.04. The Hall–Kier alpha value is -2.29. The number of hydrogen-bond donors (Lipinski definition) is 2. The van der Waals surface area contributed by atoms with E-state index in [1.807, 2.05) is 0 Å². The van der Waals surface area contributed by atoms with Crippen molar-refractivity contribution in [2.24, 2.45) is 0 Å². The molecular formula is C17H21N4O3S+. The maximum absolute atomic E-state index is 12.7. The van der Waals surface area contributed by atoms with E-state index in [-0.39, 0.29) is 10.8 Å². The van der Waals surface area contributed by atoms with Crippen molar-refractivity contribution < 1.29 is 18.1 Å². The lowest BCUT2D eigenvalue weighted by Crippen LogP contribution is -3.12. The maximum Gasteiger partial charge on any atom is 0.255 e. The Kier molecular flexibility index (Phi) is 5.12. The lowest BCUT2D eigenvalue weighted by molar-refractivity contribution is -0.883. The molecular weight excluding hydrogens is 340 g/mol. The van der Waals surface area contributed by atoms with Gasteiger partial charge in [-0.15, -0.1) is 0 Å². The molecule has 1 fully saturated rings. The predicted molar refractivity (Wildman–Crippen MR) is 94.0 cm³/mol. The molecule has 2 N–H and O–H groups in total. The second kappa shape index (κ2) is 7.30. The maximum atomic E-state index is 12.7. The van der Waals surface area contributed by atoms with Gasteiger partial charge in [-0.05, 0) is 36.4 Å². The van der Waals surface area contributed by atoms with Gasteiger partial charge in [-0.3, -0.25) is 9.78 Å². The molecule has 0 radical (unpaired) electrons. The Morgan fingerprint density at radius 2 is 1.68 bits per heavy atom. The summed E-state index contributed by atoms with van der Waals surface area (Å²) in [6.45, 7) is 2.65. The summed E-state index contributed by atoms with van der Waals surface area (Å²) in [5.41, 5.74) is 1.04. The standard InChI is InChI=1S/C17H20N4O3S/c1-20-10-12-21(13-11-20)25(23,24)16-4-2-15(3-5-16)19-17(22)14-6-8-18-9-7-14/h2-9H,10-13H2,1H3,(H,19,22)/p+1. The second-order valence-corrected chi connectivity index (χ2v) is 8.01. The minimum atomic E-state index is -3.48. The van der Waals surface area contributed by atoms with Crippen molar-refractivity contribution in [3.8, 4) is 0 Å². The van der Waals surface area contributed by atoms with Gasteiger partial charge < -0.3 is 10.2 Å². The van der Waals surface area contributed by atoms with Crippen molar-refractivity contribution in [1.29, 1.82) is 0 Å². The fourth-order valence-corrected chi connectivity index (χ4v) is 4.12. The van der Waals surface area contributed by atoms with Crippen LogP contribution in [0.1, 0.15) is 10.4 Å². The zero-order valence-corrected chi connectivity index (χ0v) is 14.8. The summed E-state index contributed by atoms with van der Waals surface area (Å²) in [4.78, 5) is 17.6. The van der Waals surface area contributed by atoms with Crippen LogP contribution in [-0.4, -0.2) is 56.8 Å². The number of likely N-dealkylation sites (N-methyl/N-ethyl adjacent to an activating group) is 1. The number of nitrogens with zero attached hydrogens (tertiary/aromatic N) is 2. The second-order valence-electron chi connectivity index (χ2n) is 6.08. The van der Waals surface area contributed by atoms with Gasteiger partial charge in [0, 0.05) is 23.6 Å². The van der Waals surface area contributed by atoms with Gasteiger partial charge in [0.05, 0.1) is 38.1 Å². The number of aromatic nitrogens is 1. The summed E-state index contributed by atoms with van der Waals surface area (Å²) < 4.78 is 26.9. The van der Waals surface area contributed by atoms with Crippen molar-refractivity contribution in [3.05, 3.63) is 54.4 Å². The van der Waals surface area contributed by atoms with Crippen LogP contribution >= 0.6 is 0 Å². The number of pyridine rings is 1.